The van der Waals surface area contributed by atoms with E-state index in [9.17, 15) is 9.59 Å². The number of fused-ring (bicyclic) bond motifs is 1. The molecule has 1 N–H and O–H groups in total. The molecule has 0 atom stereocenters. The molecule has 0 aliphatic rings. The number of oxazole rings is 1. The maximum Gasteiger partial charge on any atom is 0.224 e. The monoisotopic (exact) mass is 342 g/mol. The van der Waals surface area contributed by atoms with Crippen LogP contribution in [0.2, 0.25) is 5.02 Å². The second-order valence-corrected chi connectivity index (χ2v) is 5.75. The Labute approximate surface area is 143 Å². The van der Waals surface area contributed by atoms with Crippen molar-refractivity contribution in [2.24, 2.45) is 0 Å². The maximum absolute atomic E-state index is 12.1. The molecule has 0 bridgehead atoms. The number of Topliss-reactive ketones (excluding diaryl/α,β-unsaturated/α-hetero) is 1. The first-order valence-electron chi connectivity index (χ1n) is 7.48. The van der Waals surface area contributed by atoms with Crippen molar-refractivity contribution in [3.63, 3.8) is 0 Å². The molecule has 0 saturated carbocycles. The zero-order valence-electron chi connectivity index (χ0n) is 13.0. The summed E-state index contributed by atoms with van der Waals surface area (Å²) >= 11 is 5.99. The number of benzene rings is 2. The van der Waals surface area contributed by atoms with Crippen molar-refractivity contribution < 1.29 is 14.0 Å². The highest BCUT2D eigenvalue weighted by Gasteiger charge is 2.14. The Bertz CT molecular complexity index is 918. The van der Waals surface area contributed by atoms with Crippen LogP contribution in [0.1, 0.15) is 29.1 Å². The number of nitrogens with zero attached hydrogens (tertiary/aromatic N) is 1. The lowest BCUT2D eigenvalue weighted by molar-refractivity contribution is -0.116. The third kappa shape index (κ3) is 3.46. The number of hydrogen-bond donors (Lipinski definition) is 1. The van der Waals surface area contributed by atoms with Crippen molar-refractivity contribution in [3.05, 3.63) is 58.9 Å². The molecule has 5 nitrogen and oxygen atoms in total. The smallest absolute Gasteiger partial charge is 0.224 e. The van der Waals surface area contributed by atoms with Crippen LogP contribution in [-0.4, -0.2) is 16.7 Å². The van der Waals surface area contributed by atoms with Gasteiger partial charge in [0.25, 0.3) is 0 Å². The summed E-state index contributed by atoms with van der Waals surface area (Å²) in [6.07, 6.45) is 0.147. The highest BCUT2D eigenvalue weighted by Crippen LogP contribution is 2.24. The van der Waals surface area contributed by atoms with E-state index in [4.69, 9.17) is 16.0 Å². The third-order valence-electron chi connectivity index (χ3n) is 3.55. The molecule has 0 fully saturated rings. The number of aromatic nitrogens is 1. The Hall–Kier alpha value is -2.66. The standard InChI is InChI=1S/C18H15ClN2O3/c1-11-20-14-7-4-8-15(18(14)24-11)21-17(23)10-9-16(22)12-5-2-3-6-13(12)19/h2-8H,9-10H2,1H3,(H,21,23). The Morgan fingerprint density at radius 2 is 1.92 bits per heavy atom. The molecule has 0 aliphatic carbocycles. The van der Waals surface area contributed by atoms with Crippen LogP contribution < -0.4 is 5.32 Å². The van der Waals surface area contributed by atoms with Gasteiger partial charge in [-0.3, -0.25) is 9.59 Å². The molecule has 0 spiro atoms. The average molecular weight is 343 g/mol. The normalized spacial score (nSPS) is 10.8. The van der Waals surface area contributed by atoms with E-state index in [2.05, 4.69) is 10.3 Å². The lowest BCUT2D eigenvalue weighted by Crippen LogP contribution is -2.13. The summed E-state index contributed by atoms with van der Waals surface area (Å²) in [5, 5.41) is 3.16. The fourth-order valence-corrected chi connectivity index (χ4v) is 2.66. The molecule has 122 valence electrons. The van der Waals surface area contributed by atoms with Crippen molar-refractivity contribution in [2.45, 2.75) is 19.8 Å². The van der Waals surface area contributed by atoms with E-state index in [-0.39, 0.29) is 24.5 Å². The van der Waals surface area contributed by atoms with Crippen LogP contribution in [0.5, 0.6) is 0 Å². The molecule has 3 rings (SSSR count). The lowest BCUT2D eigenvalue weighted by atomic mass is 10.1. The van der Waals surface area contributed by atoms with Crippen molar-refractivity contribution in [2.75, 3.05) is 5.32 Å². The van der Waals surface area contributed by atoms with E-state index >= 15 is 0 Å². The molecule has 6 heteroatoms. The molecular weight excluding hydrogens is 328 g/mol. The molecule has 1 aromatic heterocycles. The first-order chi connectivity index (χ1) is 11.5. The van der Waals surface area contributed by atoms with Crippen LogP contribution in [0.4, 0.5) is 5.69 Å². The number of halogens is 1. The second kappa shape index (κ2) is 6.84. The summed E-state index contributed by atoms with van der Waals surface area (Å²) in [6, 6.07) is 12.1. The molecule has 1 heterocycles. The molecule has 0 saturated heterocycles. The van der Waals surface area contributed by atoms with Crippen LogP contribution in [0.3, 0.4) is 0 Å². The Balaban J connectivity index is 1.65. The number of rotatable bonds is 5. The SMILES string of the molecule is Cc1nc2cccc(NC(=O)CCC(=O)c3ccccc3Cl)c2o1. The number of aryl methyl sites for hydroxylation is 1. The van der Waals surface area contributed by atoms with Crippen molar-refractivity contribution in [1.29, 1.82) is 0 Å². The van der Waals surface area contributed by atoms with Crippen LogP contribution in [0, 0.1) is 6.92 Å². The molecule has 24 heavy (non-hydrogen) atoms. The zero-order chi connectivity index (χ0) is 17.1. The van der Waals surface area contributed by atoms with Gasteiger partial charge < -0.3 is 9.73 Å². The summed E-state index contributed by atoms with van der Waals surface area (Å²) in [7, 11) is 0. The number of carbonyl (C=O) groups is 2. The summed E-state index contributed by atoms with van der Waals surface area (Å²) < 4.78 is 5.50. The highest BCUT2D eigenvalue weighted by atomic mass is 35.5. The minimum absolute atomic E-state index is 0.0631. The van der Waals surface area contributed by atoms with Gasteiger partial charge in [-0.05, 0) is 24.3 Å². The number of para-hydroxylation sites is 1. The fourth-order valence-electron chi connectivity index (χ4n) is 2.42. The number of hydrogen-bond acceptors (Lipinski definition) is 4. The lowest BCUT2D eigenvalue weighted by Gasteiger charge is -2.06. The van der Waals surface area contributed by atoms with Gasteiger partial charge in [-0.25, -0.2) is 4.98 Å². The summed E-state index contributed by atoms with van der Waals surface area (Å²) in [5.74, 6) is 0.0991. The molecular formula is C18H15ClN2O3. The molecule has 0 aliphatic heterocycles. The predicted molar refractivity (Wildman–Crippen MR) is 92.4 cm³/mol. The van der Waals surface area contributed by atoms with Gasteiger partial charge in [0.05, 0.1) is 10.7 Å². The van der Waals surface area contributed by atoms with E-state index in [1.54, 1.807) is 43.3 Å². The third-order valence-corrected chi connectivity index (χ3v) is 3.88. The van der Waals surface area contributed by atoms with Gasteiger partial charge in [0.1, 0.15) is 5.52 Å². The van der Waals surface area contributed by atoms with Crippen molar-refractivity contribution >= 4 is 40.1 Å². The van der Waals surface area contributed by atoms with E-state index in [0.29, 0.717) is 33.3 Å². The van der Waals surface area contributed by atoms with Crippen molar-refractivity contribution in [1.82, 2.24) is 4.98 Å². The van der Waals surface area contributed by atoms with Crippen LogP contribution >= 0.6 is 11.6 Å². The fraction of sp³-hybridized carbons (Fsp3) is 0.167. The summed E-state index contributed by atoms with van der Waals surface area (Å²) in [4.78, 5) is 28.5. The van der Waals surface area contributed by atoms with Crippen LogP contribution in [0.15, 0.2) is 46.9 Å². The number of nitrogens with one attached hydrogen (secondary N) is 1. The predicted octanol–water partition coefficient (Wildman–Crippen LogP) is 4.39. The van der Waals surface area contributed by atoms with Gasteiger partial charge in [0, 0.05) is 25.3 Å². The topological polar surface area (TPSA) is 72.2 Å². The molecule has 0 unspecified atom stereocenters. The summed E-state index contributed by atoms with van der Waals surface area (Å²) in [5.41, 5.74) is 2.18. The average Bonchev–Trinajstić information content (AvgIpc) is 2.94. The Kier molecular flexibility index (Phi) is 4.62. The first-order valence-corrected chi connectivity index (χ1v) is 7.86. The van der Waals surface area contributed by atoms with Crippen LogP contribution in [0.25, 0.3) is 11.1 Å². The minimum atomic E-state index is -0.267. The number of ketones is 1. The Morgan fingerprint density at radius 3 is 2.71 bits per heavy atom. The van der Waals surface area contributed by atoms with Gasteiger partial charge in [-0.15, -0.1) is 0 Å². The number of amides is 1. The van der Waals surface area contributed by atoms with E-state index in [1.807, 2.05) is 6.07 Å². The molecule has 1 amide bonds. The number of anilines is 1. The van der Waals surface area contributed by atoms with E-state index < -0.39 is 0 Å². The highest BCUT2D eigenvalue weighted by molar-refractivity contribution is 6.34. The van der Waals surface area contributed by atoms with E-state index in [1.165, 1.54) is 0 Å². The second-order valence-electron chi connectivity index (χ2n) is 5.34. The maximum atomic E-state index is 12.1. The van der Waals surface area contributed by atoms with Gasteiger partial charge >= 0.3 is 0 Å². The van der Waals surface area contributed by atoms with Gasteiger partial charge in [-0.1, -0.05) is 29.8 Å². The molecule has 2 aromatic carbocycles. The largest absolute Gasteiger partial charge is 0.439 e. The minimum Gasteiger partial charge on any atom is -0.439 e. The van der Waals surface area contributed by atoms with Gasteiger partial charge in [-0.2, -0.15) is 0 Å². The zero-order valence-corrected chi connectivity index (χ0v) is 13.8. The van der Waals surface area contributed by atoms with Gasteiger partial charge in [0.15, 0.2) is 17.3 Å². The number of carbonyl (C=O) groups excluding carboxylic acids is 2. The molecule has 3 aromatic rings. The first kappa shape index (κ1) is 16.2. The Morgan fingerprint density at radius 1 is 1.12 bits per heavy atom. The van der Waals surface area contributed by atoms with Crippen LogP contribution in [-0.2, 0) is 4.79 Å². The quantitative estimate of drug-likeness (QED) is 0.698. The van der Waals surface area contributed by atoms with Crippen molar-refractivity contribution in [3.8, 4) is 0 Å². The molecule has 0 radical (unpaired) electrons. The van der Waals surface area contributed by atoms with E-state index in [0.717, 1.165) is 0 Å². The summed E-state index contributed by atoms with van der Waals surface area (Å²) in [6.45, 7) is 1.74. The van der Waals surface area contributed by atoms with Gasteiger partial charge in [0.2, 0.25) is 5.91 Å².